The van der Waals surface area contributed by atoms with Crippen molar-refractivity contribution in [1.29, 1.82) is 0 Å². The van der Waals surface area contributed by atoms with Gasteiger partial charge in [-0.05, 0) is 0 Å². The first-order chi connectivity index (χ1) is 7.77. The molecule has 0 atom stereocenters. The van der Waals surface area contributed by atoms with Crippen molar-refractivity contribution in [2.75, 3.05) is 0 Å². The Hall–Kier alpha value is -0.381. The van der Waals surface area contributed by atoms with Gasteiger partial charge in [-0.3, -0.25) is 0 Å². The summed E-state index contributed by atoms with van der Waals surface area (Å²) in [4.78, 5) is 0. The summed E-state index contributed by atoms with van der Waals surface area (Å²) in [7, 11) is 0. The number of aromatic hydroxyl groups is 2. The van der Waals surface area contributed by atoms with E-state index in [1.807, 2.05) is 36.4 Å². The minimum atomic E-state index is -0.357. The quantitative estimate of drug-likeness (QED) is 0.677. The predicted molar refractivity (Wildman–Crippen MR) is 67.0 cm³/mol. The zero-order chi connectivity index (χ0) is 11.4. The maximum absolute atomic E-state index is 9.65. The molecule has 0 aliphatic heterocycles. The van der Waals surface area contributed by atoms with Gasteiger partial charge in [-0.2, -0.15) is 0 Å². The zero-order valence-corrected chi connectivity index (χ0v) is 13.0. The molecule has 0 aromatic heterocycles. The van der Waals surface area contributed by atoms with Crippen molar-refractivity contribution in [3.63, 3.8) is 0 Å². The third kappa shape index (κ3) is 3.06. The summed E-state index contributed by atoms with van der Waals surface area (Å²) in [6, 6.07) is 15.0. The van der Waals surface area contributed by atoms with Crippen molar-refractivity contribution in [3.8, 4) is 11.5 Å². The Morgan fingerprint density at radius 2 is 1.00 bits per heavy atom. The third-order valence-electron chi connectivity index (χ3n) is 1.95. The molecular weight excluding hydrogens is 431 g/mol. The Labute approximate surface area is 111 Å². The van der Waals surface area contributed by atoms with E-state index in [-0.39, 0.29) is 34.1 Å². The molecule has 0 fully saturated rings. The molecule has 0 bridgehead atoms. The van der Waals surface area contributed by atoms with Crippen LogP contribution in [0.25, 0.3) is 0 Å². The molecule has 0 aliphatic rings. The van der Waals surface area contributed by atoms with Gasteiger partial charge < -0.3 is 0 Å². The first-order valence-corrected chi connectivity index (χ1v) is 14.3. The number of hydrogen-bond donors (Lipinski definition) is 2. The number of hydrogen-bond acceptors (Lipinski definition) is 2. The van der Waals surface area contributed by atoms with E-state index in [1.54, 1.807) is 12.1 Å². The van der Waals surface area contributed by atoms with Crippen molar-refractivity contribution in [2.24, 2.45) is 0 Å². The molecule has 2 rings (SSSR count). The number of benzene rings is 2. The molecule has 0 aliphatic carbocycles. The van der Waals surface area contributed by atoms with Gasteiger partial charge in [-0.15, -0.1) is 0 Å². The van der Waals surface area contributed by atoms with Gasteiger partial charge in [0.15, 0.2) is 0 Å². The van der Waals surface area contributed by atoms with Crippen LogP contribution in [-0.2, 0) is 0 Å². The van der Waals surface area contributed by atoms with Gasteiger partial charge >= 0.3 is 112 Å². The van der Waals surface area contributed by atoms with Crippen LogP contribution < -0.4 is 7.22 Å². The number of phenols is 2. The number of para-hydroxylation sites is 2. The van der Waals surface area contributed by atoms with Crippen LogP contribution in [0.4, 0.5) is 0 Å². The van der Waals surface area contributed by atoms with Gasteiger partial charge in [0.1, 0.15) is 0 Å². The third-order valence-corrected chi connectivity index (χ3v) is 13.7. The molecule has 0 amide bonds. The van der Waals surface area contributed by atoms with Gasteiger partial charge in [0.05, 0.1) is 0 Å². The molecular formula is C12H10O2Te2. The van der Waals surface area contributed by atoms with E-state index in [1.165, 1.54) is 0 Å². The van der Waals surface area contributed by atoms with Gasteiger partial charge in [0.25, 0.3) is 0 Å². The van der Waals surface area contributed by atoms with Crippen LogP contribution in [0.15, 0.2) is 48.5 Å². The van der Waals surface area contributed by atoms with E-state index in [0.717, 1.165) is 7.22 Å². The van der Waals surface area contributed by atoms with Crippen molar-refractivity contribution < 1.29 is 10.2 Å². The van der Waals surface area contributed by atoms with Gasteiger partial charge in [-0.25, -0.2) is 0 Å². The fourth-order valence-corrected chi connectivity index (χ4v) is 12.1. The Morgan fingerprint density at radius 3 is 1.38 bits per heavy atom. The van der Waals surface area contributed by atoms with E-state index < -0.39 is 0 Å². The van der Waals surface area contributed by atoms with Crippen LogP contribution in [0.3, 0.4) is 0 Å². The van der Waals surface area contributed by atoms with Gasteiger partial charge in [0.2, 0.25) is 0 Å². The Kier molecular flexibility index (Phi) is 4.38. The fraction of sp³-hybridized carbons (Fsp3) is 0. The van der Waals surface area contributed by atoms with Crippen molar-refractivity contribution >= 4 is 41.3 Å². The summed E-state index contributed by atoms with van der Waals surface area (Å²) in [6.07, 6.45) is 0. The zero-order valence-electron chi connectivity index (χ0n) is 8.33. The van der Waals surface area contributed by atoms with Crippen molar-refractivity contribution in [1.82, 2.24) is 0 Å². The molecule has 2 nitrogen and oxygen atoms in total. The molecule has 2 N–H and O–H groups in total. The summed E-state index contributed by atoms with van der Waals surface area (Å²) in [5.74, 6) is 0.816. The van der Waals surface area contributed by atoms with E-state index >= 15 is 0 Å². The summed E-state index contributed by atoms with van der Waals surface area (Å²) in [5.41, 5.74) is 0. The van der Waals surface area contributed by atoms with E-state index in [2.05, 4.69) is 0 Å². The average molecular weight is 441 g/mol. The Morgan fingerprint density at radius 1 is 0.625 bits per heavy atom. The van der Waals surface area contributed by atoms with Gasteiger partial charge in [-0.1, -0.05) is 0 Å². The molecule has 0 saturated heterocycles. The van der Waals surface area contributed by atoms with Crippen LogP contribution in [0.2, 0.25) is 0 Å². The first kappa shape index (κ1) is 12.1. The molecule has 2 aromatic carbocycles. The van der Waals surface area contributed by atoms with E-state index in [4.69, 9.17) is 0 Å². The Balaban J connectivity index is 2.09. The second kappa shape index (κ2) is 5.80. The maximum atomic E-state index is 9.65. The molecule has 0 unspecified atom stereocenters. The monoisotopic (exact) mass is 446 g/mol. The second-order valence-electron chi connectivity index (χ2n) is 3.10. The Bertz CT molecular complexity index is 440. The molecule has 2 aromatic rings. The second-order valence-corrected chi connectivity index (χ2v) is 12.9. The molecule has 0 saturated carbocycles. The normalized spacial score (nSPS) is 10.2. The number of phenolic OH excluding ortho intramolecular Hbond substituents is 2. The number of rotatable bonds is 3. The standard InChI is InChI=1S/C12H10O2Te2/c13-9-5-1-3-7-11(9)15-16-12-8-4-2-6-10(12)14/h1-8,13-14H. The van der Waals surface area contributed by atoms with E-state index in [0.29, 0.717) is 11.5 Å². The van der Waals surface area contributed by atoms with Crippen LogP contribution in [0.5, 0.6) is 11.5 Å². The van der Waals surface area contributed by atoms with Gasteiger partial charge in [0, 0.05) is 0 Å². The summed E-state index contributed by atoms with van der Waals surface area (Å²) in [5, 5.41) is 19.3. The predicted octanol–water partition coefficient (Wildman–Crippen LogP) is 0.372. The van der Waals surface area contributed by atoms with Crippen LogP contribution in [0.1, 0.15) is 0 Å². The minimum absolute atomic E-state index is 0.357. The van der Waals surface area contributed by atoms with E-state index in [9.17, 15) is 10.2 Å². The summed E-state index contributed by atoms with van der Waals surface area (Å²) in [6.45, 7) is 0. The van der Waals surface area contributed by atoms with Crippen LogP contribution in [0, 0.1) is 0 Å². The fourth-order valence-electron chi connectivity index (χ4n) is 1.15. The SMILES string of the molecule is Oc1ccccc1[Te][Te]c1ccccc1O. The molecule has 16 heavy (non-hydrogen) atoms. The average Bonchev–Trinajstić information content (AvgIpc) is 2.30. The summed E-state index contributed by atoms with van der Waals surface area (Å²) < 4.78 is 2.19. The molecule has 0 spiro atoms. The molecule has 0 heterocycles. The van der Waals surface area contributed by atoms with Crippen molar-refractivity contribution in [3.05, 3.63) is 48.5 Å². The topological polar surface area (TPSA) is 40.5 Å². The molecule has 4 heteroatoms. The summed E-state index contributed by atoms with van der Waals surface area (Å²) >= 11 is -0.714. The molecule has 0 radical (unpaired) electrons. The van der Waals surface area contributed by atoms with Crippen LogP contribution >= 0.6 is 0 Å². The van der Waals surface area contributed by atoms with Crippen molar-refractivity contribution in [2.45, 2.75) is 0 Å². The molecule has 82 valence electrons. The van der Waals surface area contributed by atoms with Crippen LogP contribution in [-0.4, -0.2) is 44.3 Å². The first-order valence-electron chi connectivity index (χ1n) is 4.68.